The summed E-state index contributed by atoms with van der Waals surface area (Å²) >= 11 is 0. The van der Waals surface area contributed by atoms with Crippen molar-refractivity contribution in [3.63, 3.8) is 0 Å². The van der Waals surface area contributed by atoms with Crippen molar-refractivity contribution in [1.29, 1.82) is 0 Å². The average molecular weight is 279 g/mol. The number of amides is 1. The molecule has 1 aliphatic heterocycles. The Balaban J connectivity index is 2.00. The predicted octanol–water partition coefficient (Wildman–Crippen LogP) is 0.582. The van der Waals surface area contributed by atoms with E-state index in [1.165, 1.54) is 4.90 Å². The van der Waals surface area contributed by atoms with Crippen LogP contribution in [-0.4, -0.2) is 48.3 Å². The maximum absolute atomic E-state index is 12.8. The third kappa shape index (κ3) is 3.00. The van der Waals surface area contributed by atoms with E-state index in [2.05, 4.69) is 0 Å². The number of hydrogen-bond donors (Lipinski definition) is 1. The van der Waals surface area contributed by atoms with E-state index in [1.807, 2.05) is 0 Å². The fourth-order valence-corrected chi connectivity index (χ4v) is 3.50. The molecule has 0 spiro atoms. The second kappa shape index (κ2) is 4.77. The van der Waals surface area contributed by atoms with Gasteiger partial charge in [0.2, 0.25) is 5.91 Å². The second-order valence-electron chi connectivity index (χ2n) is 5.36. The van der Waals surface area contributed by atoms with Crippen molar-refractivity contribution in [1.82, 2.24) is 4.90 Å². The lowest BCUT2D eigenvalue weighted by atomic mass is 9.84. The minimum Gasteiger partial charge on any atom is -0.388 e. The smallest absolute Gasteiger partial charge is 0.307 e. The molecule has 1 aliphatic carbocycles. The van der Waals surface area contributed by atoms with Gasteiger partial charge in [-0.25, -0.2) is 0 Å². The third-order valence-electron chi connectivity index (χ3n) is 3.85. The van der Waals surface area contributed by atoms with Crippen molar-refractivity contribution in [3.05, 3.63) is 0 Å². The Morgan fingerprint density at radius 2 is 1.94 bits per heavy atom. The summed E-state index contributed by atoms with van der Waals surface area (Å²) in [5, 5.41) is 9.03. The highest BCUT2D eigenvalue weighted by atomic mass is 32.3. The van der Waals surface area contributed by atoms with Crippen molar-refractivity contribution < 1.29 is 22.2 Å². The van der Waals surface area contributed by atoms with Crippen molar-refractivity contribution in [2.24, 2.45) is 0 Å². The lowest BCUT2D eigenvalue weighted by Gasteiger charge is -2.35. The molecule has 18 heavy (non-hydrogen) atoms. The van der Waals surface area contributed by atoms with Crippen LogP contribution in [0.1, 0.15) is 38.5 Å². The van der Waals surface area contributed by atoms with E-state index in [1.54, 1.807) is 0 Å². The zero-order valence-electron chi connectivity index (χ0n) is 10.1. The molecule has 5 nitrogen and oxygen atoms in total. The number of β-amino-alcohol motifs (C(OH)–C–C–N with tert-alkyl or cyclic N) is 1. The fraction of sp³-hybridized carbons (Fsp3) is 0.909. The second-order valence-corrected chi connectivity index (χ2v) is 6.98. The van der Waals surface area contributed by atoms with E-state index < -0.39 is 21.1 Å². The topological polar surface area (TPSA) is 74.7 Å². The maximum Gasteiger partial charge on any atom is 0.307 e. The van der Waals surface area contributed by atoms with Crippen molar-refractivity contribution >= 4 is 16.1 Å². The van der Waals surface area contributed by atoms with Crippen LogP contribution >= 0.6 is 0 Å². The number of aliphatic hydroxyl groups is 1. The Hall–Kier alpha value is -0.690. The van der Waals surface area contributed by atoms with Gasteiger partial charge in [0.25, 0.3) is 0 Å². The van der Waals surface area contributed by atoms with Gasteiger partial charge in [-0.05, 0) is 12.8 Å². The van der Waals surface area contributed by atoms with Gasteiger partial charge in [-0.2, -0.15) is 8.42 Å². The highest BCUT2D eigenvalue weighted by Gasteiger charge is 2.42. The van der Waals surface area contributed by atoms with Gasteiger partial charge in [-0.1, -0.05) is 19.3 Å². The minimum atomic E-state index is -4.67. The Morgan fingerprint density at radius 1 is 1.33 bits per heavy atom. The normalized spacial score (nSPS) is 28.7. The summed E-state index contributed by atoms with van der Waals surface area (Å²) in [5.74, 6) is -0.389. The molecule has 2 rings (SSSR count). The Kier molecular flexibility index (Phi) is 3.64. The van der Waals surface area contributed by atoms with Gasteiger partial charge in [0, 0.05) is 19.5 Å². The molecule has 2 fully saturated rings. The average Bonchev–Trinajstić information content (AvgIpc) is 2.60. The van der Waals surface area contributed by atoms with Gasteiger partial charge in [-0.15, -0.1) is 3.89 Å². The van der Waals surface area contributed by atoms with Crippen LogP contribution in [0.5, 0.6) is 0 Å². The highest BCUT2D eigenvalue weighted by Crippen LogP contribution is 2.31. The molecule has 1 unspecified atom stereocenters. The first-order valence-electron chi connectivity index (χ1n) is 6.24. The highest BCUT2D eigenvalue weighted by molar-refractivity contribution is 7.87. The van der Waals surface area contributed by atoms with Gasteiger partial charge in [0.1, 0.15) is 5.25 Å². The number of nitrogens with zero attached hydrogens (tertiary/aromatic N) is 1. The number of carbonyl (C=O) groups excluding carboxylic acids is 1. The van der Waals surface area contributed by atoms with Crippen LogP contribution in [0.15, 0.2) is 0 Å². The molecule has 1 N–H and O–H groups in total. The number of carbonyl (C=O) groups is 1. The molecule has 1 amide bonds. The Morgan fingerprint density at radius 3 is 2.44 bits per heavy atom. The molecule has 1 saturated heterocycles. The molecule has 1 heterocycles. The maximum atomic E-state index is 12.8. The van der Waals surface area contributed by atoms with E-state index in [9.17, 15) is 22.2 Å². The molecule has 0 aromatic carbocycles. The summed E-state index contributed by atoms with van der Waals surface area (Å²) in [6.07, 6.45) is 3.80. The largest absolute Gasteiger partial charge is 0.388 e. The molecule has 104 valence electrons. The van der Waals surface area contributed by atoms with Crippen LogP contribution in [0.2, 0.25) is 0 Å². The van der Waals surface area contributed by atoms with E-state index in [-0.39, 0.29) is 25.4 Å². The summed E-state index contributed by atoms with van der Waals surface area (Å²) < 4.78 is 34.4. The first-order chi connectivity index (χ1) is 8.30. The molecule has 0 bridgehead atoms. The van der Waals surface area contributed by atoms with Crippen LogP contribution in [0.4, 0.5) is 3.89 Å². The Labute approximate surface area is 106 Å². The molecular formula is C11H18FNO4S. The molecule has 0 aromatic heterocycles. The van der Waals surface area contributed by atoms with Crippen molar-refractivity contribution in [3.8, 4) is 0 Å². The van der Waals surface area contributed by atoms with Crippen LogP contribution in [0.3, 0.4) is 0 Å². The van der Waals surface area contributed by atoms with Crippen molar-refractivity contribution in [2.75, 3.05) is 13.1 Å². The van der Waals surface area contributed by atoms with E-state index in [4.69, 9.17) is 0 Å². The molecule has 2 aliphatic rings. The van der Waals surface area contributed by atoms with Crippen LogP contribution in [0.25, 0.3) is 0 Å². The summed E-state index contributed by atoms with van der Waals surface area (Å²) in [4.78, 5) is 12.9. The molecule has 1 saturated carbocycles. The lowest BCUT2D eigenvalue weighted by Crippen LogP contribution is -2.45. The zero-order chi connectivity index (χ0) is 13.4. The van der Waals surface area contributed by atoms with E-state index in [0.29, 0.717) is 12.8 Å². The van der Waals surface area contributed by atoms with E-state index in [0.717, 1.165) is 19.3 Å². The van der Waals surface area contributed by atoms with Gasteiger partial charge >= 0.3 is 10.2 Å². The molecule has 0 radical (unpaired) electrons. The van der Waals surface area contributed by atoms with Gasteiger partial charge < -0.3 is 10.0 Å². The van der Waals surface area contributed by atoms with E-state index >= 15 is 0 Å². The number of likely N-dealkylation sites (tertiary alicyclic amines) is 1. The molecular weight excluding hydrogens is 261 g/mol. The van der Waals surface area contributed by atoms with Crippen LogP contribution < -0.4 is 0 Å². The quantitative estimate of drug-likeness (QED) is 0.767. The summed E-state index contributed by atoms with van der Waals surface area (Å²) in [7, 11) is -4.67. The number of rotatable bonds is 3. The SMILES string of the molecule is O=C1CC(S(=O)(=O)F)CN1CC1(O)CCCCC1. The first kappa shape index (κ1) is 13.7. The minimum absolute atomic E-state index is 0.123. The molecule has 1 atom stereocenters. The van der Waals surface area contributed by atoms with Gasteiger partial charge in [-0.3, -0.25) is 4.79 Å². The van der Waals surface area contributed by atoms with Crippen molar-refractivity contribution in [2.45, 2.75) is 49.4 Å². The standard InChI is InChI=1S/C11H18FNO4S/c12-18(16,17)9-6-10(14)13(7-9)8-11(15)4-2-1-3-5-11/h9,15H,1-8H2. The monoisotopic (exact) mass is 279 g/mol. The fourth-order valence-electron chi connectivity index (χ4n) is 2.80. The summed E-state index contributed by atoms with van der Waals surface area (Å²) in [6.45, 7) is -0.0160. The first-order valence-corrected chi connectivity index (χ1v) is 7.68. The number of hydrogen-bond acceptors (Lipinski definition) is 4. The van der Waals surface area contributed by atoms with Crippen LogP contribution in [-0.2, 0) is 15.0 Å². The molecule has 7 heteroatoms. The van der Waals surface area contributed by atoms with Crippen LogP contribution in [0, 0.1) is 0 Å². The summed E-state index contributed by atoms with van der Waals surface area (Å²) in [6, 6.07) is 0. The van der Waals surface area contributed by atoms with Gasteiger partial charge in [0.15, 0.2) is 0 Å². The summed E-state index contributed by atoms with van der Waals surface area (Å²) in [5.41, 5.74) is -0.928. The molecule has 0 aromatic rings. The third-order valence-corrected chi connectivity index (χ3v) is 4.96. The predicted molar refractivity (Wildman–Crippen MR) is 63.0 cm³/mol. The lowest BCUT2D eigenvalue weighted by molar-refractivity contribution is -0.131. The zero-order valence-corrected chi connectivity index (χ0v) is 11.0. The Bertz CT molecular complexity index is 430. The van der Waals surface area contributed by atoms with Gasteiger partial charge in [0.05, 0.1) is 5.60 Å². The number of halogens is 1.